The molecule has 0 saturated carbocycles. The summed E-state index contributed by atoms with van der Waals surface area (Å²) in [6.45, 7) is 4.03. The van der Waals surface area contributed by atoms with Gasteiger partial charge in [0.25, 0.3) is 5.91 Å². The van der Waals surface area contributed by atoms with Gasteiger partial charge < -0.3 is 9.88 Å². The minimum atomic E-state index is -0.241. The highest BCUT2D eigenvalue weighted by Crippen LogP contribution is 2.37. The minimum absolute atomic E-state index is 0.157. The van der Waals surface area contributed by atoms with Gasteiger partial charge in [0.15, 0.2) is 0 Å². The Morgan fingerprint density at radius 2 is 2.20 bits per heavy atom. The van der Waals surface area contributed by atoms with Crippen LogP contribution in [0.2, 0.25) is 0 Å². The Kier molecular flexibility index (Phi) is 3.64. The fourth-order valence-electron chi connectivity index (χ4n) is 3.58. The molecule has 1 aliphatic carbocycles. The first-order valence-corrected chi connectivity index (χ1v) is 8.23. The predicted octanol–water partition coefficient (Wildman–Crippen LogP) is 3.76. The molecule has 1 fully saturated rings. The summed E-state index contributed by atoms with van der Waals surface area (Å²) in [4.78, 5) is 16.6. The maximum Gasteiger partial charge on any atom is 0.252 e. The highest BCUT2D eigenvalue weighted by Gasteiger charge is 2.35. The number of fused-ring (bicyclic) bond motifs is 1. The molecule has 1 saturated heterocycles. The van der Waals surface area contributed by atoms with E-state index in [-0.39, 0.29) is 24.1 Å². The van der Waals surface area contributed by atoms with Gasteiger partial charge in [0, 0.05) is 41.2 Å². The molecule has 0 bridgehead atoms. The zero-order chi connectivity index (χ0) is 17.6. The third-order valence-electron chi connectivity index (χ3n) is 4.73. The molecule has 4 rings (SSSR count). The average molecular weight is 335 g/mol. The van der Waals surface area contributed by atoms with E-state index in [9.17, 15) is 9.18 Å². The van der Waals surface area contributed by atoms with Gasteiger partial charge in [0.1, 0.15) is 5.83 Å². The monoisotopic (exact) mass is 335 g/mol. The number of hydrogen-bond donors (Lipinski definition) is 1. The number of aromatic nitrogens is 2. The second-order valence-electron chi connectivity index (χ2n) is 6.45. The van der Waals surface area contributed by atoms with Gasteiger partial charge >= 0.3 is 0 Å². The van der Waals surface area contributed by atoms with Crippen molar-refractivity contribution in [3.63, 3.8) is 0 Å². The van der Waals surface area contributed by atoms with E-state index in [1.165, 1.54) is 6.08 Å². The Morgan fingerprint density at radius 1 is 1.36 bits per heavy atom. The van der Waals surface area contributed by atoms with Gasteiger partial charge in [-0.3, -0.25) is 9.78 Å². The molecule has 2 aromatic heterocycles. The molecule has 2 aromatic rings. The Bertz CT molecular complexity index is 951. The van der Waals surface area contributed by atoms with Crippen molar-refractivity contribution in [2.75, 3.05) is 0 Å². The van der Waals surface area contributed by atoms with Crippen LogP contribution in [0.5, 0.6) is 0 Å². The van der Waals surface area contributed by atoms with Crippen molar-refractivity contribution in [3.05, 3.63) is 76.8 Å². The van der Waals surface area contributed by atoms with Crippen molar-refractivity contribution in [1.82, 2.24) is 14.9 Å². The lowest BCUT2D eigenvalue weighted by atomic mass is 9.91. The van der Waals surface area contributed by atoms with Crippen LogP contribution >= 0.6 is 0 Å². The van der Waals surface area contributed by atoms with Crippen LogP contribution in [-0.4, -0.2) is 15.5 Å². The Morgan fingerprint density at radius 3 is 2.96 bits per heavy atom. The summed E-state index contributed by atoms with van der Waals surface area (Å²) < 4.78 is 15.8. The zero-order valence-electron chi connectivity index (χ0n) is 14.1. The highest BCUT2D eigenvalue weighted by molar-refractivity contribution is 6.03. The fraction of sp³-hybridized carbons (Fsp3) is 0.200. The Labute approximate surface area is 145 Å². The van der Waals surface area contributed by atoms with Crippen LogP contribution < -0.4 is 5.32 Å². The Balaban J connectivity index is 1.84. The van der Waals surface area contributed by atoms with E-state index in [0.29, 0.717) is 5.57 Å². The van der Waals surface area contributed by atoms with Crippen molar-refractivity contribution in [2.45, 2.75) is 20.3 Å². The van der Waals surface area contributed by atoms with Crippen molar-refractivity contribution in [2.24, 2.45) is 5.92 Å². The second kappa shape index (κ2) is 5.84. The van der Waals surface area contributed by atoms with E-state index >= 15 is 0 Å². The lowest BCUT2D eigenvalue weighted by Gasteiger charge is -2.15. The number of rotatable bonds is 2. The predicted molar refractivity (Wildman–Crippen MR) is 94.5 cm³/mol. The van der Waals surface area contributed by atoms with Gasteiger partial charge in [0.05, 0.1) is 11.9 Å². The van der Waals surface area contributed by atoms with Gasteiger partial charge in [-0.05, 0) is 55.8 Å². The molecule has 1 atom stereocenters. The molecule has 1 aliphatic heterocycles. The van der Waals surface area contributed by atoms with E-state index in [1.807, 2.05) is 32.1 Å². The van der Waals surface area contributed by atoms with Crippen molar-refractivity contribution >= 4 is 12.0 Å². The molecule has 1 amide bonds. The van der Waals surface area contributed by atoms with Gasteiger partial charge in [0.2, 0.25) is 0 Å². The third kappa shape index (κ3) is 2.61. The molecule has 5 heteroatoms. The molecular formula is C20H18FN3O. The van der Waals surface area contributed by atoms with Crippen LogP contribution in [0.3, 0.4) is 0 Å². The number of aryl methyl sites for hydroxylation is 2. The number of halogens is 1. The number of amides is 1. The van der Waals surface area contributed by atoms with Crippen LogP contribution in [-0.2, 0) is 4.79 Å². The van der Waals surface area contributed by atoms with Gasteiger partial charge in [-0.1, -0.05) is 0 Å². The van der Waals surface area contributed by atoms with E-state index < -0.39 is 0 Å². The molecule has 2 aliphatic rings. The topological polar surface area (TPSA) is 46.9 Å². The van der Waals surface area contributed by atoms with E-state index in [0.717, 1.165) is 28.3 Å². The fourth-order valence-corrected chi connectivity index (χ4v) is 3.58. The first kappa shape index (κ1) is 15.6. The van der Waals surface area contributed by atoms with E-state index in [2.05, 4.69) is 20.9 Å². The summed E-state index contributed by atoms with van der Waals surface area (Å²) in [6, 6.07) is 5.93. The normalized spacial score (nSPS) is 21.0. The number of carbonyl (C=O) groups excluding carboxylic acids is 1. The number of pyridine rings is 1. The van der Waals surface area contributed by atoms with Gasteiger partial charge in [-0.15, -0.1) is 0 Å². The summed E-state index contributed by atoms with van der Waals surface area (Å²) in [5.41, 5.74) is 5.34. The standard InChI is InChI=1S/C20H18FN3O/c1-12-8-13(2)24(15-4-3-7-22-11-15)19(12)10-17-16-9-14(21)5-6-18(16)23-20(17)25/h3-8,10-11,16H,9H2,1-2H3,(H,23,25). The molecule has 1 unspecified atom stereocenters. The second-order valence-corrected chi connectivity index (χ2v) is 6.45. The quantitative estimate of drug-likeness (QED) is 0.850. The summed E-state index contributed by atoms with van der Waals surface area (Å²) in [5, 5.41) is 2.85. The van der Waals surface area contributed by atoms with Crippen LogP contribution in [0.15, 0.2) is 59.8 Å². The van der Waals surface area contributed by atoms with E-state index in [1.54, 1.807) is 18.5 Å². The van der Waals surface area contributed by atoms with E-state index in [4.69, 9.17) is 0 Å². The summed E-state index contributed by atoms with van der Waals surface area (Å²) in [6.07, 6.45) is 8.70. The molecule has 3 heterocycles. The third-order valence-corrected chi connectivity index (χ3v) is 4.73. The highest BCUT2D eigenvalue weighted by atomic mass is 19.1. The minimum Gasteiger partial charge on any atom is -0.325 e. The number of carbonyl (C=O) groups is 1. The molecule has 25 heavy (non-hydrogen) atoms. The SMILES string of the molecule is Cc1cc(C)n(-c2cccnc2)c1C=C1C(=O)NC2=CC=C(F)CC21. The molecule has 1 N–H and O–H groups in total. The van der Waals surface area contributed by atoms with Crippen LogP contribution in [0.4, 0.5) is 4.39 Å². The molecule has 0 spiro atoms. The largest absolute Gasteiger partial charge is 0.325 e. The number of nitrogens with one attached hydrogen (secondary N) is 1. The number of nitrogens with zero attached hydrogens (tertiary/aromatic N) is 2. The summed E-state index contributed by atoms with van der Waals surface area (Å²) >= 11 is 0. The smallest absolute Gasteiger partial charge is 0.252 e. The maximum absolute atomic E-state index is 13.7. The average Bonchev–Trinajstić information content (AvgIpc) is 3.05. The summed E-state index contributed by atoms with van der Waals surface area (Å²) in [5.74, 6) is -0.600. The molecular weight excluding hydrogens is 317 g/mol. The van der Waals surface area contributed by atoms with Gasteiger partial charge in [-0.2, -0.15) is 0 Å². The molecule has 0 radical (unpaired) electrons. The van der Waals surface area contributed by atoms with Crippen LogP contribution in [0.25, 0.3) is 11.8 Å². The molecule has 0 aromatic carbocycles. The van der Waals surface area contributed by atoms with Gasteiger partial charge in [-0.25, -0.2) is 4.39 Å². The molecule has 4 nitrogen and oxygen atoms in total. The first-order chi connectivity index (χ1) is 12.0. The van der Waals surface area contributed by atoms with Crippen LogP contribution in [0.1, 0.15) is 23.4 Å². The first-order valence-electron chi connectivity index (χ1n) is 8.23. The lowest BCUT2D eigenvalue weighted by molar-refractivity contribution is -0.115. The number of allylic oxidation sites excluding steroid dienone is 4. The van der Waals surface area contributed by atoms with Crippen molar-refractivity contribution in [3.8, 4) is 5.69 Å². The van der Waals surface area contributed by atoms with Crippen molar-refractivity contribution < 1.29 is 9.18 Å². The summed E-state index contributed by atoms with van der Waals surface area (Å²) in [7, 11) is 0. The zero-order valence-corrected chi connectivity index (χ0v) is 14.1. The maximum atomic E-state index is 13.7. The molecule has 126 valence electrons. The number of hydrogen-bond acceptors (Lipinski definition) is 2. The lowest BCUT2D eigenvalue weighted by Crippen LogP contribution is -2.13. The Hall–Kier alpha value is -2.95. The van der Waals surface area contributed by atoms with Crippen molar-refractivity contribution in [1.29, 1.82) is 0 Å². The van der Waals surface area contributed by atoms with Crippen LogP contribution in [0, 0.1) is 19.8 Å².